The SMILES string of the molecule is Cc1noc(-c2cccc(F)c2)c1C(=O)NC(C)c1cccc2ccccc12. The lowest BCUT2D eigenvalue weighted by molar-refractivity contribution is 0.0940. The van der Waals surface area contributed by atoms with E-state index in [0.717, 1.165) is 16.3 Å². The van der Waals surface area contributed by atoms with E-state index in [9.17, 15) is 9.18 Å². The maximum absolute atomic E-state index is 13.6. The molecule has 0 aliphatic carbocycles. The van der Waals surface area contributed by atoms with Crippen LogP contribution in [0.1, 0.15) is 34.6 Å². The fourth-order valence-electron chi connectivity index (χ4n) is 3.44. The molecule has 1 aromatic heterocycles. The summed E-state index contributed by atoms with van der Waals surface area (Å²) in [5.74, 6) is -0.444. The van der Waals surface area contributed by atoms with Crippen molar-refractivity contribution in [2.24, 2.45) is 0 Å². The number of aryl methyl sites for hydroxylation is 1. The van der Waals surface area contributed by atoms with Gasteiger partial charge in [0, 0.05) is 5.56 Å². The fourth-order valence-corrected chi connectivity index (χ4v) is 3.44. The van der Waals surface area contributed by atoms with Crippen molar-refractivity contribution in [3.63, 3.8) is 0 Å². The lowest BCUT2D eigenvalue weighted by Gasteiger charge is -2.17. The summed E-state index contributed by atoms with van der Waals surface area (Å²) in [6.45, 7) is 3.63. The van der Waals surface area contributed by atoms with Crippen molar-refractivity contribution in [3.8, 4) is 11.3 Å². The van der Waals surface area contributed by atoms with Gasteiger partial charge in [0.1, 0.15) is 11.4 Å². The fraction of sp³-hybridized carbons (Fsp3) is 0.130. The van der Waals surface area contributed by atoms with Crippen molar-refractivity contribution in [1.82, 2.24) is 10.5 Å². The Bertz CT molecular complexity index is 1160. The molecule has 0 aliphatic rings. The van der Waals surface area contributed by atoms with Gasteiger partial charge in [0.2, 0.25) is 0 Å². The zero-order chi connectivity index (χ0) is 19.7. The summed E-state index contributed by atoms with van der Waals surface area (Å²) in [4.78, 5) is 13.0. The molecule has 140 valence electrons. The van der Waals surface area contributed by atoms with E-state index in [1.807, 2.05) is 49.4 Å². The van der Waals surface area contributed by atoms with Gasteiger partial charge in [0.25, 0.3) is 5.91 Å². The van der Waals surface area contributed by atoms with Crippen molar-refractivity contribution >= 4 is 16.7 Å². The minimum absolute atomic E-state index is 0.228. The average molecular weight is 374 g/mol. The van der Waals surface area contributed by atoms with E-state index in [2.05, 4.69) is 10.5 Å². The van der Waals surface area contributed by atoms with Crippen LogP contribution in [0.4, 0.5) is 4.39 Å². The average Bonchev–Trinajstić information content (AvgIpc) is 3.09. The molecule has 0 bridgehead atoms. The molecule has 4 aromatic rings. The predicted octanol–water partition coefficient (Wildman–Crippen LogP) is 5.43. The number of hydrogen-bond acceptors (Lipinski definition) is 3. The first-order valence-electron chi connectivity index (χ1n) is 9.05. The third-order valence-corrected chi connectivity index (χ3v) is 4.81. The number of carbonyl (C=O) groups is 1. The molecule has 1 unspecified atom stereocenters. The second-order valence-electron chi connectivity index (χ2n) is 6.75. The number of carbonyl (C=O) groups excluding carboxylic acids is 1. The highest BCUT2D eigenvalue weighted by atomic mass is 19.1. The molecule has 1 heterocycles. The lowest BCUT2D eigenvalue weighted by atomic mass is 9.99. The van der Waals surface area contributed by atoms with E-state index >= 15 is 0 Å². The first kappa shape index (κ1) is 17.9. The zero-order valence-electron chi connectivity index (χ0n) is 15.6. The van der Waals surface area contributed by atoms with Gasteiger partial charge in [0.15, 0.2) is 5.76 Å². The zero-order valence-corrected chi connectivity index (χ0v) is 15.6. The smallest absolute Gasteiger partial charge is 0.257 e. The van der Waals surface area contributed by atoms with Crippen LogP contribution >= 0.6 is 0 Å². The molecule has 1 amide bonds. The van der Waals surface area contributed by atoms with E-state index in [-0.39, 0.29) is 17.7 Å². The van der Waals surface area contributed by atoms with Gasteiger partial charge in [-0.3, -0.25) is 4.79 Å². The van der Waals surface area contributed by atoms with Crippen molar-refractivity contribution in [3.05, 3.63) is 89.4 Å². The first-order chi connectivity index (χ1) is 13.5. The van der Waals surface area contributed by atoms with Crippen LogP contribution in [0, 0.1) is 12.7 Å². The molecule has 4 rings (SSSR count). The minimum atomic E-state index is -0.401. The number of amides is 1. The van der Waals surface area contributed by atoms with E-state index in [1.54, 1.807) is 19.1 Å². The number of nitrogens with one attached hydrogen (secondary N) is 1. The summed E-state index contributed by atoms with van der Waals surface area (Å²) in [6, 6.07) is 19.8. The maximum atomic E-state index is 13.6. The van der Waals surface area contributed by atoms with Crippen LogP contribution in [0.3, 0.4) is 0 Å². The Morgan fingerprint density at radius 3 is 2.64 bits per heavy atom. The van der Waals surface area contributed by atoms with Crippen LogP contribution in [-0.2, 0) is 0 Å². The predicted molar refractivity (Wildman–Crippen MR) is 106 cm³/mol. The normalized spacial score (nSPS) is 12.1. The Morgan fingerprint density at radius 1 is 1.07 bits per heavy atom. The van der Waals surface area contributed by atoms with Crippen LogP contribution in [0.25, 0.3) is 22.1 Å². The van der Waals surface area contributed by atoms with Crippen molar-refractivity contribution in [2.75, 3.05) is 0 Å². The molecule has 0 saturated heterocycles. The van der Waals surface area contributed by atoms with Gasteiger partial charge >= 0.3 is 0 Å². The van der Waals surface area contributed by atoms with Crippen LogP contribution in [0.5, 0.6) is 0 Å². The van der Waals surface area contributed by atoms with Gasteiger partial charge in [-0.1, -0.05) is 59.8 Å². The topological polar surface area (TPSA) is 55.1 Å². The summed E-state index contributed by atoms with van der Waals surface area (Å²) in [6.07, 6.45) is 0. The quantitative estimate of drug-likeness (QED) is 0.518. The first-order valence-corrected chi connectivity index (χ1v) is 9.05. The third-order valence-electron chi connectivity index (χ3n) is 4.81. The molecule has 0 fully saturated rings. The van der Waals surface area contributed by atoms with Crippen LogP contribution in [0.2, 0.25) is 0 Å². The standard InChI is InChI=1S/C23H19FN2O2/c1-14(19-12-6-8-16-7-3-4-11-20(16)19)25-23(27)21-15(2)26-28-22(21)17-9-5-10-18(24)13-17/h3-14H,1-2H3,(H,25,27). The molecule has 0 saturated carbocycles. The van der Waals surface area contributed by atoms with Gasteiger partial charge in [-0.15, -0.1) is 0 Å². The van der Waals surface area contributed by atoms with E-state index in [0.29, 0.717) is 16.8 Å². The lowest BCUT2D eigenvalue weighted by Crippen LogP contribution is -2.27. The van der Waals surface area contributed by atoms with Gasteiger partial charge in [0.05, 0.1) is 11.7 Å². The highest BCUT2D eigenvalue weighted by molar-refractivity contribution is 6.01. The molecule has 28 heavy (non-hydrogen) atoms. The molecule has 0 aliphatic heterocycles. The van der Waals surface area contributed by atoms with E-state index < -0.39 is 5.82 Å². The Hall–Kier alpha value is -3.47. The highest BCUT2D eigenvalue weighted by Gasteiger charge is 2.24. The molecule has 4 nitrogen and oxygen atoms in total. The number of rotatable bonds is 4. The van der Waals surface area contributed by atoms with Crippen LogP contribution in [0.15, 0.2) is 71.3 Å². The van der Waals surface area contributed by atoms with E-state index in [4.69, 9.17) is 4.52 Å². The van der Waals surface area contributed by atoms with Gasteiger partial charge in [-0.25, -0.2) is 4.39 Å². The van der Waals surface area contributed by atoms with Crippen molar-refractivity contribution in [1.29, 1.82) is 0 Å². The monoisotopic (exact) mass is 374 g/mol. The number of fused-ring (bicyclic) bond motifs is 1. The summed E-state index contributed by atoms with van der Waals surface area (Å²) < 4.78 is 18.9. The van der Waals surface area contributed by atoms with Gasteiger partial charge in [-0.05, 0) is 42.3 Å². The second-order valence-corrected chi connectivity index (χ2v) is 6.75. The second kappa shape index (κ2) is 7.27. The van der Waals surface area contributed by atoms with Gasteiger partial charge in [-0.2, -0.15) is 0 Å². The van der Waals surface area contributed by atoms with Crippen molar-refractivity contribution in [2.45, 2.75) is 19.9 Å². The maximum Gasteiger partial charge on any atom is 0.257 e. The van der Waals surface area contributed by atoms with Gasteiger partial charge < -0.3 is 9.84 Å². The van der Waals surface area contributed by atoms with Crippen LogP contribution in [-0.4, -0.2) is 11.1 Å². The molecular formula is C23H19FN2O2. The highest BCUT2D eigenvalue weighted by Crippen LogP contribution is 2.28. The van der Waals surface area contributed by atoms with Crippen molar-refractivity contribution < 1.29 is 13.7 Å². The Labute approximate surface area is 162 Å². The number of halogens is 1. The molecule has 0 radical (unpaired) electrons. The Morgan fingerprint density at radius 2 is 1.82 bits per heavy atom. The third kappa shape index (κ3) is 3.27. The van der Waals surface area contributed by atoms with E-state index in [1.165, 1.54) is 12.1 Å². The largest absolute Gasteiger partial charge is 0.355 e. The Kier molecular flexibility index (Phi) is 4.65. The molecule has 0 spiro atoms. The molecule has 5 heteroatoms. The summed E-state index contributed by atoms with van der Waals surface area (Å²) in [5, 5.41) is 9.14. The molecule has 1 atom stereocenters. The molecule has 1 N–H and O–H groups in total. The minimum Gasteiger partial charge on any atom is -0.355 e. The number of aromatic nitrogens is 1. The molecule has 3 aromatic carbocycles. The number of nitrogens with zero attached hydrogens (tertiary/aromatic N) is 1. The molecular weight excluding hydrogens is 355 g/mol. The van der Waals surface area contributed by atoms with Crippen LogP contribution < -0.4 is 5.32 Å². The summed E-state index contributed by atoms with van der Waals surface area (Å²) in [5.41, 5.74) is 2.27. The number of benzene rings is 3. The summed E-state index contributed by atoms with van der Waals surface area (Å²) >= 11 is 0. The number of hydrogen-bond donors (Lipinski definition) is 1. The Balaban J connectivity index is 1.67. The summed E-state index contributed by atoms with van der Waals surface area (Å²) in [7, 11) is 0.